The van der Waals surface area contributed by atoms with Crippen molar-refractivity contribution in [2.75, 3.05) is 13.2 Å². The number of nitrogens with zero attached hydrogens (tertiary/aromatic N) is 1. The minimum atomic E-state index is -4.09. The summed E-state index contributed by atoms with van der Waals surface area (Å²) in [6.07, 6.45) is 0.194. The van der Waals surface area contributed by atoms with Crippen LogP contribution in [-0.2, 0) is 9.36 Å². The van der Waals surface area contributed by atoms with Crippen LogP contribution in [0.2, 0.25) is 0 Å². The van der Waals surface area contributed by atoms with Crippen LogP contribution in [0.5, 0.6) is 0 Å². The van der Waals surface area contributed by atoms with E-state index in [0.717, 1.165) is 0 Å². The van der Waals surface area contributed by atoms with Gasteiger partial charge in [0.2, 0.25) is 5.91 Å². The lowest BCUT2D eigenvalue weighted by Crippen LogP contribution is -2.39. The van der Waals surface area contributed by atoms with Crippen LogP contribution in [0.3, 0.4) is 0 Å². The van der Waals surface area contributed by atoms with Crippen molar-refractivity contribution in [3.8, 4) is 0 Å². The van der Waals surface area contributed by atoms with Gasteiger partial charge in [-0.05, 0) is 13.3 Å². The maximum Gasteiger partial charge on any atom is 0.327 e. The molecular weight excluding hydrogens is 217 g/mol. The molecule has 0 spiro atoms. The lowest BCUT2D eigenvalue weighted by molar-refractivity contribution is -0.127. The van der Waals surface area contributed by atoms with E-state index in [4.69, 9.17) is 9.79 Å². The third kappa shape index (κ3) is 5.11. The lowest BCUT2D eigenvalue weighted by atomic mass is 10.2. The molecule has 6 heteroatoms. The van der Waals surface area contributed by atoms with Crippen molar-refractivity contribution in [3.63, 3.8) is 0 Å². The highest BCUT2D eigenvalue weighted by Gasteiger charge is 2.26. The fraction of sp³-hybridized carbons (Fsp3) is 0.667. The summed E-state index contributed by atoms with van der Waals surface area (Å²) in [5.41, 5.74) is 0.363. The van der Waals surface area contributed by atoms with Gasteiger partial charge in [-0.3, -0.25) is 9.36 Å². The van der Waals surface area contributed by atoms with E-state index in [2.05, 4.69) is 6.58 Å². The summed E-state index contributed by atoms with van der Waals surface area (Å²) in [7, 11) is -2.56. The van der Waals surface area contributed by atoms with Crippen molar-refractivity contribution in [3.05, 3.63) is 12.2 Å². The van der Waals surface area contributed by atoms with Gasteiger partial charge in [-0.15, -0.1) is 0 Å². The number of carbonyl (C=O) groups is 1. The van der Waals surface area contributed by atoms with E-state index in [0.29, 0.717) is 12.0 Å². The van der Waals surface area contributed by atoms with Gasteiger partial charge in [-0.25, -0.2) is 0 Å². The molecule has 1 atom stereocenters. The van der Waals surface area contributed by atoms with E-state index in [1.54, 1.807) is 13.8 Å². The van der Waals surface area contributed by atoms with Crippen LogP contribution >= 0.6 is 7.60 Å². The molecule has 0 saturated carbocycles. The van der Waals surface area contributed by atoms with E-state index >= 15 is 0 Å². The van der Waals surface area contributed by atoms with Gasteiger partial charge in [0.15, 0.2) is 0 Å². The quantitative estimate of drug-likeness (QED) is 0.550. The number of hydrogen-bond donors (Lipinski definition) is 2. The highest BCUT2D eigenvalue weighted by molar-refractivity contribution is 7.51. The summed E-state index contributed by atoms with van der Waals surface area (Å²) < 4.78 is 10.8. The number of carbonyl (C=O) groups excluding carboxylic acids is 1. The Morgan fingerprint density at radius 3 is 2.27 bits per heavy atom. The van der Waals surface area contributed by atoms with Crippen LogP contribution in [-0.4, -0.2) is 39.8 Å². The van der Waals surface area contributed by atoms with E-state index < -0.39 is 13.6 Å². The molecule has 0 aromatic carbocycles. The zero-order chi connectivity index (χ0) is 12.2. The second-order valence-corrected chi connectivity index (χ2v) is 5.30. The molecule has 0 aliphatic rings. The molecule has 0 aliphatic carbocycles. The average Bonchev–Trinajstić information content (AvgIpc) is 2.10. The highest BCUT2D eigenvalue weighted by Crippen LogP contribution is 2.36. The minimum absolute atomic E-state index is 0.282. The molecule has 0 fully saturated rings. The predicted molar refractivity (Wildman–Crippen MR) is 58.6 cm³/mol. The first-order valence-electron chi connectivity index (χ1n) is 4.66. The topological polar surface area (TPSA) is 77.8 Å². The summed E-state index contributed by atoms with van der Waals surface area (Å²) in [6.45, 7) is 6.86. The summed E-state index contributed by atoms with van der Waals surface area (Å²) >= 11 is 0. The second kappa shape index (κ2) is 5.45. The Balaban J connectivity index is 4.62. The summed E-state index contributed by atoms with van der Waals surface area (Å²) in [5.74, 6) is -0.282. The van der Waals surface area contributed by atoms with Gasteiger partial charge in [0, 0.05) is 18.7 Å². The van der Waals surface area contributed by atoms with E-state index in [9.17, 15) is 9.36 Å². The summed E-state index contributed by atoms with van der Waals surface area (Å²) in [5, 5.41) is 0. The van der Waals surface area contributed by atoms with Crippen molar-refractivity contribution in [1.29, 1.82) is 0 Å². The number of rotatable bonds is 5. The van der Waals surface area contributed by atoms with Gasteiger partial charge >= 0.3 is 7.60 Å². The molecule has 0 radical (unpaired) electrons. The van der Waals surface area contributed by atoms with E-state index in [-0.39, 0.29) is 12.1 Å². The smallest absolute Gasteiger partial charge is 0.327 e. The highest BCUT2D eigenvalue weighted by atomic mass is 31.2. The maximum absolute atomic E-state index is 11.5. The molecule has 0 heterocycles. The van der Waals surface area contributed by atoms with Gasteiger partial charge in [0.05, 0.1) is 6.16 Å². The van der Waals surface area contributed by atoms with Crippen LogP contribution in [0, 0.1) is 0 Å². The molecule has 0 saturated heterocycles. The second-order valence-electron chi connectivity index (χ2n) is 3.61. The first-order chi connectivity index (χ1) is 6.69. The van der Waals surface area contributed by atoms with Crippen molar-refractivity contribution in [2.24, 2.45) is 0 Å². The lowest BCUT2D eigenvalue weighted by Gasteiger charge is -2.27. The van der Waals surface area contributed by atoms with Gasteiger partial charge in [-0.1, -0.05) is 13.5 Å². The fourth-order valence-electron chi connectivity index (χ4n) is 1.27. The zero-order valence-corrected chi connectivity index (χ0v) is 10.2. The van der Waals surface area contributed by atoms with E-state index in [1.165, 1.54) is 11.9 Å². The molecule has 0 bridgehead atoms. The molecule has 0 aliphatic heterocycles. The predicted octanol–water partition coefficient (Wildman–Crippen LogP) is 0.977. The molecule has 0 rings (SSSR count). The van der Waals surface area contributed by atoms with Crippen LogP contribution in [0.4, 0.5) is 0 Å². The van der Waals surface area contributed by atoms with Gasteiger partial charge in [0.25, 0.3) is 0 Å². The third-order valence-corrected chi connectivity index (χ3v) is 3.05. The molecule has 1 amide bonds. The van der Waals surface area contributed by atoms with Crippen LogP contribution in [0.15, 0.2) is 12.2 Å². The van der Waals surface area contributed by atoms with Crippen molar-refractivity contribution in [1.82, 2.24) is 4.90 Å². The van der Waals surface area contributed by atoms with Crippen LogP contribution in [0.1, 0.15) is 20.3 Å². The van der Waals surface area contributed by atoms with Crippen LogP contribution in [0.25, 0.3) is 0 Å². The summed E-state index contributed by atoms with van der Waals surface area (Å²) in [6, 6.07) is -0.449. The Labute approximate surface area is 89.9 Å². The first-order valence-corrected chi connectivity index (χ1v) is 6.46. The van der Waals surface area contributed by atoms with Crippen molar-refractivity contribution in [2.45, 2.75) is 26.3 Å². The van der Waals surface area contributed by atoms with Crippen molar-refractivity contribution >= 4 is 13.5 Å². The first kappa shape index (κ1) is 14.4. The molecule has 0 aromatic heterocycles. The number of hydrogen-bond acceptors (Lipinski definition) is 2. The minimum Gasteiger partial charge on any atom is -0.338 e. The Morgan fingerprint density at radius 1 is 1.53 bits per heavy atom. The number of likely N-dealkylation sites (N-methyl/N-ethyl adjacent to an activating group) is 1. The molecular formula is C9H18NO4P. The van der Waals surface area contributed by atoms with E-state index in [1.807, 2.05) is 0 Å². The molecule has 5 nitrogen and oxygen atoms in total. The standard InChI is InChI=1S/C9H18NO4P/c1-5-8(6-15(12,13)14)10(4)9(11)7(2)3/h8H,2,5-6H2,1,3-4H3,(H2,12,13,14). The Kier molecular flexibility index (Phi) is 5.21. The molecule has 1 unspecified atom stereocenters. The molecule has 88 valence electrons. The SMILES string of the molecule is C=C(C)C(=O)N(C)C(CC)CP(=O)(O)O. The maximum atomic E-state index is 11.5. The fourth-order valence-corrected chi connectivity index (χ4v) is 2.32. The van der Waals surface area contributed by atoms with Crippen LogP contribution < -0.4 is 0 Å². The normalized spacial score (nSPS) is 13.4. The van der Waals surface area contributed by atoms with Gasteiger partial charge < -0.3 is 14.7 Å². The average molecular weight is 235 g/mol. The monoisotopic (exact) mass is 235 g/mol. The number of amides is 1. The van der Waals surface area contributed by atoms with Crippen molar-refractivity contribution < 1.29 is 19.1 Å². The molecule has 15 heavy (non-hydrogen) atoms. The molecule has 2 N–H and O–H groups in total. The van der Waals surface area contributed by atoms with Gasteiger partial charge in [-0.2, -0.15) is 0 Å². The van der Waals surface area contributed by atoms with Gasteiger partial charge in [0.1, 0.15) is 0 Å². The Bertz CT molecular complexity index is 296. The third-order valence-electron chi connectivity index (χ3n) is 2.15. The Morgan fingerprint density at radius 2 is 2.00 bits per heavy atom. The summed E-state index contributed by atoms with van der Waals surface area (Å²) in [4.78, 5) is 30.5. The largest absolute Gasteiger partial charge is 0.338 e. The zero-order valence-electron chi connectivity index (χ0n) is 9.30. The Hall–Kier alpha value is -0.640. The molecule has 0 aromatic rings.